The summed E-state index contributed by atoms with van der Waals surface area (Å²) in [6, 6.07) is 3.67. The molecule has 0 aliphatic heterocycles. The van der Waals surface area contributed by atoms with Gasteiger partial charge in [-0.1, -0.05) is 6.07 Å². The quantitative estimate of drug-likeness (QED) is 0.747. The molecular formula is C11H10N2O3. The van der Waals surface area contributed by atoms with E-state index in [0.717, 1.165) is 5.56 Å². The topological polar surface area (TPSA) is 68.3 Å². The van der Waals surface area contributed by atoms with Gasteiger partial charge in [-0.3, -0.25) is 14.6 Å². The van der Waals surface area contributed by atoms with E-state index in [1.165, 1.54) is 7.11 Å². The van der Waals surface area contributed by atoms with E-state index in [9.17, 15) is 9.59 Å². The number of rotatable bonds is 4. The zero-order valence-corrected chi connectivity index (χ0v) is 8.69. The second-order valence-electron chi connectivity index (χ2n) is 3.28. The van der Waals surface area contributed by atoms with Gasteiger partial charge in [0.2, 0.25) is 0 Å². The van der Waals surface area contributed by atoms with E-state index in [4.69, 9.17) is 4.74 Å². The molecule has 0 spiro atoms. The molecule has 1 N–H and O–H groups in total. The van der Waals surface area contributed by atoms with Gasteiger partial charge in [0.1, 0.15) is 5.69 Å². The fraction of sp³-hybridized carbons (Fsp3) is 0.182. The van der Waals surface area contributed by atoms with Gasteiger partial charge in [-0.05, 0) is 11.6 Å². The minimum atomic E-state index is -0.573. The Bertz CT molecular complexity index is 556. The molecule has 0 unspecified atom stereocenters. The van der Waals surface area contributed by atoms with Gasteiger partial charge in [-0.15, -0.1) is 0 Å². The fourth-order valence-corrected chi connectivity index (χ4v) is 1.42. The van der Waals surface area contributed by atoms with Crippen molar-refractivity contribution in [1.82, 2.24) is 4.98 Å². The van der Waals surface area contributed by atoms with Gasteiger partial charge < -0.3 is 10.1 Å². The first kappa shape index (κ1) is 10.4. The number of ether oxygens (including phenoxy) is 1. The lowest BCUT2D eigenvalue weighted by Crippen LogP contribution is -2.35. The van der Waals surface area contributed by atoms with Crippen molar-refractivity contribution in [3.8, 4) is 5.75 Å². The van der Waals surface area contributed by atoms with Gasteiger partial charge in [-0.2, -0.15) is 0 Å². The highest BCUT2D eigenvalue weighted by atomic mass is 16.5. The molecule has 0 saturated heterocycles. The Morgan fingerprint density at radius 2 is 2.19 bits per heavy atom. The first-order valence-corrected chi connectivity index (χ1v) is 4.74. The van der Waals surface area contributed by atoms with Crippen LogP contribution in [0.3, 0.4) is 0 Å². The minimum absolute atomic E-state index is 0.105. The lowest BCUT2D eigenvalue weighted by atomic mass is 10.2. The molecular weight excluding hydrogens is 208 g/mol. The van der Waals surface area contributed by atoms with Gasteiger partial charge in [-0.25, -0.2) is 0 Å². The molecule has 5 heteroatoms. The smallest absolute Gasteiger partial charge is 0.271 e. The first-order valence-electron chi connectivity index (χ1n) is 4.74. The minimum Gasteiger partial charge on any atom is -0.491 e. The summed E-state index contributed by atoms with van der Waals surface area (Å²) in [4.78, 5) is 26.2. The SMILES string of the molecule is COc1c(NCc2cccnc2)c(=O)c1=O. The molecule has 0 saturated carbocycles. The summed E-state index contributed by atoms with van der Waals surface area (Å²) in [5.74, 6) is 0.105. The molecule has 16 heavy (non-hydrogen) atoms. The average molecular weight is 218 g/mol. The Balaban J connectivity index is 2.09. The van der Waals surface area contributed by atoms with Crippen molar-refractivity contribution >= 4 is 5.69 Å². The maximum absolute atomic E-state index is 11.2. The third-order valence-corrected chi connectivity index (χ3v) is 2.26. The summed E-state index contributed by atoms with van der Waals surface area (Å²) >= 11 is 0. The van der Waals surface area contributed by atoms with Crippen LogP contribution < -0.4 is 20.9 Å². The molecule has 82 valence electrons. The van der Waals surface area contributed by atoms with Crippen LogP contribution in [0.1, 0.15) is 5.56 Å². The first-order chi connectivity index (χ1) is 7.74. The molecule has 0 amide bonds. The second-order valence-corrected chi connectivity index (χ2v) is 3.28. The van der Waals surface area contributed by atoms with Crippen molar-refractivity contribution in [3.63, 3.8) is 0 Å². The number of nitrogens with zero attached hydrogens (tertiary/aromatic N) is 1. The normalized spacial score (nSPS) is 10.3. The van der Waals surface area contributed by atoms with Crippen molar-refractivity contribution in [1.29, 1.82) is 0 Å². The zero-order chi connectivity index (χ0) is 11.5. The monoisotopic (exact) mass is 218 g/mol. The molecule has 1 aromatic carbocycles. The Morgan fingerprint density at radius 3 is 2.81 bits per heavy atom. The molecule has 0 radical (unpaired) electrons. The summed E-state index contributed by atoms with van der Waals surface area (Å²) in [6.45, 7) is 0.440. The molecule has 1 heterocycles. The van der Waals surface area contributed by atoms with Crippen molar-refractivity contribution < 1.29 is 4.74 Å². The summed E-state index contributed by atoms with van der Waals surface area (Å²) in [5, 5.41) is 2.86. The number of hydrogen-bond acceptors (Lipinski definition) is 5. The van der Waals surface area contributed by atoms with E-state index in [-0.39, 0.29) is 11.4 Å². The van der Waals surface area contributed by atoms with Crippen LogP contribution in [-0.4, -0.2) is 12.1 Å². The Hall–Kier alpha value is -2.17. The maximum atomic E-state index is 11.2. The van der Waals surface area contributed by atoms with E-state index in [0.29, 0.717) is 6.54 Å². The third-order valence-electron chi connectivity index (χ3n) is 2.26. The number of hydrogen-bond donors (Lipinski definition) is 1. The van der Waals surface area contributed by atoms with Crippen molar-refractivity contribution in [3.05, 3.63) is 50.5 Å². The average Bonchev–Trinajstić information content (AvgIpc) is 2.34. The van der Waals surface area contributed by atoms with Gasteiger partial charge in [0.25, 0.3) is 10.9 Å². The zero-order valence-electron chi connectivity index (χ0n) is 8.69. The molecule has 0 aliphatic carbocycles. The van der Waals surface area contributed by atoms with Crippen LogP contribution in [-0.2, 0) is 6.54 Å². The molecule has 0 aliphatic rings. The number of anilines is 1. The lowest BCUT2D eigenvalue weighted by molar-refractivity contribution is 0.407. The largest absolute Gasteiger partial charge is 0.491 e. The predicted molar refractivity (Wildman–Crippen MR) is 59.5 cm³/mol. The van der Waals surface area contributed by atoms with E-state index in [2.05, 4.69) is 10.3 Å². The molecule has 0 bridgehead atoms. The van der Waals surface area contributed by atoms with Crippen LogP contribution in [0.15, 0.2) is 34.1 Å². The second kappa shape index (κ2) is 4.14. The van der Waals surface area contributed by atoms with Crippen molar-refractivity contribution in [2.24, 2.45) is 0 Å². The number of aromatic nitrogens is 1. The lowest BCUT2D eigenvalue weighted by Gasteiger charge is -2.11. The van der Waals surface area contributed by atoms with Crippen LogP contribution in [0.25, 0.3) is 0 Å². The number of nitrogens with one attached hydrogen (secondary N) is 1. The third kappa shape index (κ3) is 1.67. The Morgan fingerprint density at radius 1 is 1.38 bits per heavy atom. The molecule has 0 atom stereocenters. The van der Waals surface area contributed by atoms with E-state index < -0.39 is 10.9 Å². The predicted octanol–water partition coefficient (Wildman–Crippen LogP) is 0.298. The van der Waals surface area contributed by atoms with Gasteiger partial charge in [0.15, 0.2) is 5.75 Å². The van der Waals surface area contributed by atoms with Crippen LogP contribution in [0.2, 0.25) is 0 Å². The summed E-state index contributed by atoms with van der Waals surface area (Å²) in [5.41, 5.74) is 0.0749. The van der Waals surface area contributed by atoms with Crippen molar-refractivity contribution in [2.45, 2.75) is 6.54 Å². The number of pyridine rings is 1. The molecule has 0 fully saturated rings. The molecule has 2 aromatic rings. The molecule has 1 aromatic heterocycles. The standard InChI is InChI=1S/C11H10N2O3/c1-16-11-8(9(14)10(11)15)13-6-7-3-2-4-12-5-7/h2-5,13H,6H2,1H3. The van der Waals surface area contributed by atoms with Crippen molar-refractivity contribution in [2.75, 3.05) is 12.4 Å². The highest BCUT2D eigenvalue weighted by molar-refractivity contribution is 5.61. The van der Waals surface area contributed by atoms with Crippen LogP contribution in [0, 0.1) is 0 Å². The Labute approximate surface area is 91.4 Å². The number of methoxy groups -OCH3 is 1. The van der Waals surface area contributed by atoms with E-state index >= 15 is 0 Å². The molecule has 5 nitrogen and oxygen atoms in total. The van der Waals surface area contributed by atoms with Gasteiger partial charge >= 0.3 is 0 Å². The summed E-state index contributed by atoms with van der Waals surface area (Å²) in [6.07, 6.45) is 3.35. The van der Waals surface area contributed by atoms with E-state index in [1.807, 2.05) is 6.07 Å². The summed E-state index contributed by atoms with van der Waals surface area (Å²) in [7, 11) is 1.37. The Kier molecular flexibility index (Phi) is 2.68. The van der Waals surface area contributed by atoms with Gasteiger partial charge in [0, 0.05) is 18.9 Å². The fourth-order valence-electron chi connectivity index (χ4n) is 1.42. The molecule has 2 rings (SSSR count). The summed E-state index contributed by atoms with van der Waals surface area (Å²) < 4.78 is 4.80. The highest BCUT2D eigenvalue weighted by Gasteiger charge is 2.20. The van der Waals surface area contributed by atoms with Crippen LogP contribution >= 0.6 is 0 Å². The van der Waals surface area contributed by atoms with Crippen LogP contribution in [0.4, 0.5) is 5.69 Å². The maximum Gasteiger partial charge on any atom is 0.271 e. The van der Waals surface area contributed by atoms with E-state index in [1.54, 1.807) is 18.5 Å². The van der Waals surface area contributed by atoms with Gasteiger partial charge in [0.05, 0.1) is 7.11 Å². The van der Waals surface area contributed by atoms with Crippen LogP contribution in [0.5, 0.6) is 5.75 Å². The highest BCUT2D eigenvalue weighted by Crippen LogP contribution is 2.17.